The standard InChI is InChI=1S/C19H17F2NO2/c1-2-24-18(23)19(20,21)17(22)16-11-12-7-3-4-8-13(12)14-9-5-6-10-15(14)16/h3-11,17H,2,22H2,1H3/t17-/m1/s1. The number of fused-ring (bicyclic) bond motifs is 3. The molecule has 0 aromatic heterocycles. The van der Waals surface area contributed by atoms with Crippen LogP contribution >= 0.6 is 0 Å². The number of esters is 1. The summed E-state index contributed by atoms with van der Waals surface area (Å²) >= 11 is 0. The van der Waals surface area contributed by atoms with Gasteiger partial charge >= 0.3 is 11.9 Å². The van der Waals surface area contributed by atoms with Gasteiger partial charge in [0.05, 0.1) is 6.61 Å². The molecule has 0 saturated carbocycles. The maximum absolute atomic E-state index is 14.4. The number of ether oxygens (including phenoxy) is 1. The van der Waals surface area contributed by atoms with Crippen LogP contribution in [0.15, 0.2) is 54.6 Å². The van der Waals surface area contributed by atoms with Crippen molar-refractivity contribution in [2.45, 2.75) is 18.9 Å². The molecule has 3 nitrogen and oxygen atoms in total. The van der Waals surface area contributed by atoms with Crippen LogP contribution in [0.4, 0.5) is 8.78 Å². The lowest BCUT2D eigenvalue weighted by Crippen LogP contribution is -2.41. The largest absolute Gasteiger partial charge is 0.462 e. The van der Waals surface area contributed by atoms with Crippen molar-refractivity contribution in [1.82, 2.24) is 0 Å². The van der Waals surface area contributed by atoms with E-state index in [1.807, 2.05) is 36.4 Å². The number of carbonyl (C=O) groups is 1. The highest BCUT2D eigenvalue weighted by atomic mass is 19.3. The van der Waals surface area contributed by atoms with Crippen LogP contribution in [0, 0.1) is 0 Å². The van der Waals surface area contributed by atoms with E-state index in [0.29, 0.717) is 5.39 Å². The lowest BCUT2D eigenvalue weighted by molar-refractivity contribution is -0.174. The summed E-state index contributed by atoms with van der Waals surface area (Å²) in [5.74, 6) is -5.41. The zero-order chi connectivity index (χ0) is 17.3. The van der Waals surface area contributed by atoms with Crippen molar-refractivity contribution in [1.29, 1.82) is 0 Å². The van der Waals surface area contributed by atoms with Crippen molar-refractivity contribution in [2.24, 2.45) is 5.73 Å². The third kappa shape index (κ3) is 2.61. The first-order chi connectivity index (χ1) is 11.5. The Labute approximate surface area is 138 Å². The molecule has 3 aromatic rings. The average molecular weight is 329 g/mol. The minimum Gasteiger partial charge on any atom is -0.462 e. The first-order valence-corrected chi connectivity index (χ1v) is 7.67. The number of rotatable bonds is 4. The molecular formula is C19H17F2NO2. The van der Waals surface area contributed by atoms with Gasteiger partial charge < -0.3 is 10.5 Å². The molecule has 24 heavy (non-hydrogen) atoms. The molecule has 0 spiro atoms. The van der Waals surface area contributed by atoms with E-state index in [0.717, 1.165) is 16.2 Å². The molecule has 1 atom stereocenters. The zero-order valence-electron chi connectivity index (χ0n) is 13.1. The minimum absolute atomic E-state index is 0.125. The average Bonchev–Trinajstić information content (AvgIpc) is 2.60. The molecule has 0 saturated heterocycles. The smallest absolute Gasteiger partial charge is 0.379 e. The summed E-state index contributed by atoms with van der Waals surface area (Å²) in [7, 11) is 0. The first-order valence-electron chi connectivity index (χ1n) is 7.67. The van der Waals surface area contributed by atoms with E-state index in [4.69, 9.17) is 5.73 Å². The predicted molar refractivity (Wildman–Crippen MR) is 90.0 cm³/mol. The molecule has 0 heterocycles. The van der Waals surface area contributed by atoms with Gasteiger partial charge in [0, 0.05) is 0 Å². The molecule has 0 aliphatic rings. The Morgan fingerprint density at radius 1 is 1.08 bits per heavy atom. The molecule has 5 heteroatoms. The molecule has 0 aliphatic carbocycles. The molecule has 0 unspecified atom stereocenters. The minimum atomic E-state index is -3.80. The van der Waals surface area contributed by atoms with Crippen molar-refractivity contribution >= 4 is 27.5 Å². The van der Waals surface area contributed by atoms with Crippen LogP contribution in [0.2, 0.25) is 0 Å². The highest BCUT2D eigenvalue weighted by Gasteiger charge is 2.48. The van der Waals surface area contributed by atoms with E-state index in [-0.39, 0.29) is 12.2 Å². The van der Waals surface area contributed by atoms with Crippen molar-refractivity contribution in [2.75, 3.05) is 6.61 Å². The monoisotopic (exact) mass is 329 g/mol. The van der Waals surface area contributed by atoms with Crippen molar-refractivity contribution in [3.63, 3.8) is 0 Å². The molecule has 0 radical (unpaired) electrons. The Hall–Kier alpha value is -2.53. The molecular weight excluding hydrogens is 312 g/mol. The lowest BCUT2D eigenvalue weighted by Gasteiger charge is -2.23. The van der Waals surface area contributed by atoms with Gasteiger partial charge in [-0.1, -0.05) is 48.5 Å². The quantitative estimate of drug-likeness (QED) is 0.577. The van der Waals surface area contributed by atoms with Gasteiger partial charge in [0.2, 0.25) is 0 Å². The van der Waals surface area contributed by atoms with E-state index in [1.54, 1.807) is 18.2 Å². The third-order valence-electron chi connectivity index (χ3n) is 4.07. The molecule has 3 aromatic carbocycles. The SMILES string of the molecule is CCOC(=O)C(F)(F)[C@H](N)c1cc2ccccc2c2ccccc12. The van der Waals surface area contributed by atoms with Gasteiger partial charge in [-0.25, -0.2) is 4.79 Å². The fourth-order valence-corrected chi connectivity index (χ4v) is 2.89. The van der Waals surface area contributed by atoms with Gasteiger partial charge in [0.1, 0.15) is 6.04 Å². The van der Waals surface area contributed by atoms with Crippen LogP contribution in [-0.4, -0.2) is 18.5 Å². The number of hydrogen-bond acceptors (Lipinski definition) is 3. The molecule has 0 amide bonds. The summed E-state index contributed by atoms with van der Waals surface area (Å²) in [6.45, 7) is 1.35. The number of alkyl halides is 2. The summed E-state index contributed by atoms with van der Waals surface area (Å²) < 4.78 is 33.3. The van der Waals surface area contributed by atoms with Crippen molar-refractivity contribution in [3.05, 3.63) is 60.2 Å². The van der Waals surface area contributed by atoms with Gasteiger partial charge in [-0.2, -0.15) is 8.78 Å². The second-order valence-corrected chi connectivity index (χ2v) is 5.55. The number of benzene rings is 3. The van der Waals surface area contributed by atoms with E-state index in [1.165, 1.54) is 6.92 Å². The summed E-state index contributed by atoms with van der Waals surface area (Å²) in [6.07, 6.45) is 0. The zero-order valence-corrected chi connectivity index (χ0v) is 13.1. The van der Waals surface area contributed by atoms with Crippen molar-refractivity contribution < 1.29 is 18.3 Å². The lowest BCUT2D eigenvalue weighted by atomic mass is 9.91. The van der Waals surface area contributed by atoms with Crippen LogP contribution < -0.4 is 5.73 Å². The predicted octanol–water partition coefficient (Wildman–Crippen LogP) is 4.19. The van der Waals surface area contributed by atoms with Gasteiger partial charge in [-0.3, -0.25) is 0 Å². The highest BCUT2D eigenvalue weighted by molar-refractivity contribution is 6.09. The van der Waals surface area contributed by atoms with Crippen LogP contribution in [0.25, 0.3) is 21.5 Å². The Bertz CT molecular complexity index is 908. The molecule has 0 bridgehead atoms. The van der Waals surface area contributed by atoms with Crippen LogP contribution in [0.3, 0.4) is 0 Å². The van der Waals surface area contributed by atoms with Gasteiger partial charge in [-0.05, 0) is 40.1 Å². The maximum Gasteiger partial charge on any atom is 0.379 e. The van der Waals surface area contributed by atoms with E-state index >= 15 is 0 Å². The fourth-order valence-electron chi connectivity index (χ4n) is 2.89. The number of halogens is 2. The summed E-state index contributed by atoms with van der Waals surface area (Å²) in [6, 6.07) is 14.5. The first kappa shape index (κ1) is 16.3. The summed E-state index contributed by atoms with van der Waals surface area (Å²) in [5, 5.41) is 3.16. The Morgan fingerprint density at radius 3 is 2.33 bits per heavy atom. The van der Waals surface area contributed by atoms with Crippen LogP contribution in [0.1, 0.15) is 18.5 Å². The molecule has 124 valence electrons. The van der Waals surface area contributed by atoms with Crippen molar-refractivity contribution in [3.8, 4) is 0 Å². The van der Waals surface area contributed by atoms with Gasteiger partial charge in [0.15, 0.2) is 0 Å². The summed E-state index contributed by atoms with van der Waals surface area (Å²) in [4.78, 5) is 11.6. The van der Waals surface area contributed by atoms with E-state index in [2.05, 4.69) is 4.74 Å². The molecule has 0 aliphatic heterocycles. The Balaban J connectivity index is 2.22. The van der Waals surface area contributed by atoms with Crippen LogP contribution in [-0.2, 0) is 9.53 Å². The number of hydrogen-bond donors (Lipinski definition) is 1. The topological polar surface area (TPSA) is 52.3 Å². The van der Waals surface area contributed by atoms with Gasteiger partial charge in [-0.15, -0.1) is 0 Å². The summed E-state index contributed by atoms with van der Waals surface area (Å²) in [5.41, 5.74) is 6.03. The van der Waals surface area contributed by atoms with Crippen LogP contribution in [0.5, 0.6) is 0 Å². The molecule has 0 fully saturated rings. The molecule has 2 N–H and O–H groups in total. The Kier molecular flexibility index (Phi) is 4.20. The maximum atomic E-state index is 14.4. The highest BCUT2D eigenvalue weighted by Crippen LogP contribution is 2.37. The fraction of sp³-hybridized carbons (Fsp3) is 0.211. The van der Waals surface area contributed by atoms with E-state index in [9.17, 15) is 13.6 Å². The number of carbonyl (C=O) groups excluding carboxylic acids is 1. The molecule has 3 rings (SSSR count). The third-order valence-corrected chi connectivity index (χ3v) is 4.07. The second-order valence-electron chi connectivity index (χ2n) is 5.55. The second kappa shape index (κ2) is 6.17. The van der Waals surface area contributed by atoms with E-state index < -0.39 is 17.9 Å². The normalized spacial score (nSPS) is 13.2. The Morgan fingerprint density at radius 2 is 1.67 bits per heavy atom. The number of nitrogens with two attached hydrogens (primary N) is 1. The van der Waals surface area contributed by atoms with Gasteiger partial charge in [0.25, 0.3) is 0 Å².